The van der Waals surface area contributed by atoms with Crippen molar-refractivity contribution < 1.29 is 13.2 Å². The number of amides is 1. The second-order valence-electron chi connectivity index (χ2n) is 6.55. The van der Waals surface area contributed by atoms with Gasteiger partial charge in [0, 0.05) is 28.2 Å². The molecule has 0 bridgehead atoms. The van der Waals surface area contributed by atoms with Gasteiger partial charge >= 0.3 is 0 Å². The molecule has 1 unspecified atom stereocenters. The number of rotatable bonds is 3. The summed E-state index contributed by atoms with van der Waals surface area (Å²) < 4.78 is 23.1. The number of hydrogen-bond acceptors (Lipinski definition) is 3. The van der Waals surface area contributed by atoms with Crippen LogP contribution < -0.4 is 5.32 Å². The Balaban J connectivity index is 1.62. The molecular formula is C16H17ClN2O3S. The molecule has 1 saturated carbocycles. The first-order valence-corrected chi connectivity index (χ1v) is 9.88. The van der Waals surface area contributed by atoms with Crippen molar-refractivity contribution in [1.82, 2.24) is 10.3 Å². The first-order valence-electron chi connectivity index (χ1n) is 7.68. The van der Waals surface area contributed by atoms with Crippen LogP contribution in [0.1, 0.15) is 24.8 Å². The summed E-state index contributed by atoms with van der Waals surface area (Å²) in [4.78, 5) is 16.0. The number of hydrogen-bond donors (Lipinski definition) is 2. The molecule has 2 aliphatic rings. The van der Waals surface area contributed by atoms with Crippen LogP contribution in [-0.2, 0) is 20.0 Å². The van der Waals surface area contributed by atoms with Crippen LogP contribution >= 0.6 is 11.6 Å². The molecule has 1 aromatic carbocycles. The van der Waals surface area contributed by atoms with Gasteiger partial charge in [0.2, 0.25) is 5.91 Å². The molecule has 122 valence electrons. The molecule has 2 N–H and O–H groups in total. The molecule has 7 heteroatoms. The van der Waals surface area contributed by atoms with Crippen LogP contribution in [0, 0.1) is 0 Å². The van der Waals surface area contributed by atoms with Gasteiger partial charge in [-0.05, 0) is 43.0 Å². The normalized spacial score (nSPS) is 24.7. The summed E-state index contributed by atoms with van der Waals surface area (Å²) in [5.41, 5.74) is 1.36. The molecule has 2 fully saturated rings. The van der Waals surface area contributed by atoms with E-state index < -0.39 is 15.3 Å². The quantitative estimate of drug-likeness (QED) is 0.888. The highest BCUT2D eigenvalue weighted by molar-refractivity contribution is 7.91. The Labute approximate surface area is 139 Å². The molecule has 23 heavy (non-hydrogen) atoms. The molecule has 5 nitrogen and oxygen atoms in total. The first kappa shape index (κ1) is 15.0. The third-order valence-electron chi connectivity index (χ3n) is 4.91. The number of sulfone groups is 1. The number of aromatic amines is 1. The molecule has 1 aromatic heterocycles. The summed E-state index contributed by atoms with van der Waals surface area (Å²) in [7, 11) is -3.00. The zero-order chi connectivity index (χ0) is 16.2. The van der Waals surface area contributed by atoms with Gasteiger partial charge in [0.15, 0.2) is 9.84 Å². The minimum Gasteiger partial charge on any atom is -0.361 e. The number of carbonyl (C=O) groups excluding carboxylic acids is 1. The van der Waals surface area contributed by atoms with Crippen LogP contribution in [0.4, 0.5) is 0 Å². The fourth-order valence-electron chi connectivity index (χ4n) is 3.46. The minimum absolute atomic E-state index is 0.0501. The number of halogens is 1. The second-order valence-corrected chi connectivity index (χ2v) is 9.21. The van der Waals surface area contributed by atoms with Crippen molar-refractivity contribution >= 4 is 38.2 Å². The molecule has 1 amide bonds. The zero-order valence-corrected chi connectivity index (χ0v) is 14.0. The maximum Gasteiger partial charge on any atom is 0.230 e. The predicted molar refractivity (Wildman–Crippen MR) is 89.4 cm³/mol. The van der Waals surface area contributed by atoms with Gasteiger partial charge in [0.05, 0.1) is 16.9 Å². The molecule has 1 atom stereocenters. The van der Waals surface area contributed by atoms with Crippen molar-refractivity contribution in [3.05, 3.63) is 35.0 Å². The van der Waals surface area contributed by atoms with Gasteiger partial charge in [-0.25, -0.2) is 8.42 Å². The van der Waals surface area contributed by atoms with E-state index >= 15 is 0 Å². The van der Waals surface area contributed by atoms with E-state index in [0.29, 0.717) is 11.4 Å². The zero-order valence-electron chi connectivity index (χ0n) is 12.4. The van der Waals surface area contributed by atoms with Crippen LogP contribution in [0.3, 0.4) is 0 Å². The summed E-state index contributed by atoms with van der Waals surface area (Å²) >= 11 is 6.09. The van der Waals surface area contributed by atoms with E-state index in [0.717, 1.165) is 29.3 Å². The third kappa shape index (κ3) is 2.54. The number of carbonyl (C=O) groups is 1. The van der Waals surface area contributed by atoms with Crippen LogP contribution in [-0.4, -0.2) is 36.9 Å². The van der Waals surface area contributed by atoms with E-state index in [9.17, 15) is 13.2 Å². The van der Waals surface area contributed by atoms with Gasteiger partial charge in [0.25, 0.3) is 0 Å². The molecule has 1 aliphatic heterocycles. The number of H-pyrrole nitrogens is 1. The maximum absolute atomic E-state index is 12.8. The number of nitrogens with one attached hydrogen (secondary N) is 2. The van der Waals surface area contributed by atoms with E-state index in [1.165, 1.54) is 0 Å². The monoisotopic (exact) mass is 352 g/mol. The average molecular weight is 353 g/mol. The predicted octanol–water partition coefficient (Wildman–Crippen LogP) is 2.16. The van der Waals surface area contributed by atoms with Crippen LogP contribution in [0.15, 0.2) is 24.4 Å². The van der Waals surface area contributed by atoms with Gasteiger partial charge in [0.1, 0.15) is 0 Å². The van der Waals surface area contributed by atoms with Crippen LogP contribution in [0.5, 0.6) is 0 Å². The fourth-order valence-corrected chi connectivity index (χ4v) is 5.31. The minimum atomic E-state index is -3.00. The van der Waals surface area contributed by atoms with Gasteiger partial charge in [-0.15, -0.1) is 0 Å². The topological polar surface area (TPSA) is 79.0 Å². The fraction of sp³-hybridized carbons (Fsp3) is 0.438. The first-order chi connectivity index (χ1) is 10.9. The van der Waals surface area contributed by atoms with Gasteiger partial charge < -0.3 is 10.3 Å². The summed E-state index contributed by atoms with van der Waals surface area (Å²) in [6.45, 7) is 0. The van der Waals surface area contributed by atoms with E-state index in [1.807, 2.05) is 24.4 Å². The van der Waals surface area contributed by atoms with E-state index in [4.69, 9.17) is 11.6 Å². The maximum atomic E-state index is 12.8. The van der Waals surface area contributed by atoms with Crippen molar-refractivity contribution in [1.29, 1.82) is 0 Å². The van der Waals surface area contributed by atoms with Crippen molar-refractivity contribution in [3.8, 4) is 0 Å². The molecular weight excluding hydrogens is 336 g/mol. The van der Waals surface area contributed by atoms with E-state index in [2.05, 4.69) is 10.3 Å². The molecule has 0 radical (unpaired) electrons. The Morgan fingerprint density at radius 2 is 2.13 bits per heavy atom. The highest BCUT2D eigenvalue weighted by atomic mass is 35.5. The van der Waals surface area contributed by atoms with Crippen molar-refractivity contribution in [2.24, 2.45) is 0 Å². The number of benzene rings is 1. The average Bonchev–Trinajstić information content (AvgIpc) is 3.08. The Bertz CT molecular complexity index is 899. The van der Waals surface area contributed by atoms with Gasteiger partial charge in [-0.2, -0.15) is 0 Å². The largest absolute Gasteiger partial charge is 0.361 e. The molecule has 2 heterocycles. The Kier molecular flexibility index (Phi) is 3.25. The highest BCUT2D eigenvalue weighted by Crippen LogP contribution is 2.51. The van der Waals surface area contributed by atoms with Crippen molar-refractivity contribution in [2.45, 2.75) is 30.7 Å². The van der Waals surface area contributed by atoms with Crippen molar-refractivity contribution in [3.63, 3.8) is 0 Å². The highest BCUT2D eigenvalue weighted by Gasteiger charge is 2.53. The summed E-state index contributed by atoms with van der Waals surface area (Å²) in [5, 5.41) is 4.54. The van der Waals surface area contributed by atoms with Crippen LogP contribution in [0.2, 0.25) is 5.02 Å². The van der Waals surface area contributed by atoms with E-state index in [1.54, 1.807) is 0 Å². The Hall–Kier alpha value is -1.53. The number of fused-ring (bicyclic) bond motifs is 1. The molecule has 4 rings (SSSR count). The standard InChI is InChI=1S/C16H17ClN2O3S/c17-10-1-2-14-12(7-10)13(8-18-14)16(4-5-16)15(20)19-11-3-6-23(21,22)9-11/h1-2,7-8,11,18H,3-6,9H2,(H,19,20). The molecule has 1 aliphatic carbocycles. The lowest BCUT2D eigenvalue weighted by atomic mass is 9.94. The lowest BCUT2D eigenvalue weighted by Gasteiger charge is -2.18. The number of aromatic nitrogens is 1. The van der Waals surface area contributed by atoms with E-state index in [-0.39, 0.29) is 23.5 Å². The smallest absolute Gasteiger partial charge is 0.230 e. The SMILES string of the molecule is O=C(NC1CCS(=O)(=O)C1)C1(c2c[nH]c3ccc(Cl)cc23)CC1. The Morgan fingerprint density at radius 1 is 1.35 bits per heavy atom. The lowest BCUT2D eigenvalue weighted by molar-refractivity contribution is -0.124. The third-order valence-corrected chi connectivity index (χ3v) is 6.91. The Morgan fingerprint density at radius 3 is 2.78 bits per heavy atom. The van der Waals surface area contributed by atoms with Crippen LogP contribution in [0.25, 0.3) is 10.9 Å². The summed E-state index contributed by atoms with van der Waals surface area (Å²) in [5.74, 6) is 0.141. The molecule has 0 spiro atoms. The second kappa shape index (κ2) is 4.98. The van der Waals surface area contributed by atoms with Gasteiger partial charge in [-0.1, -0.05) is 11.6 Å². The van der Waals surface area contributed by atoms with Gasteiger partial charge in [-0.3, -0.25) is 4.79 Å². The molecule has 1 saturated heterocycles. The summed E-state index contributed by atoms with van der Waals surface area (Å²) in [6.07, 6.45) is 3.93. The molecule has 2 aromatic rings. The lowest BCUT2D eigenvalue weighted by Crippen LogP contribution is -2.42. The summed E-state index contributed by atoms with van der Waals surface area (Å²) in [6, 6.07) is 5.32. The van der Waals surface area contributed by atoms with Crippen molar-refractivity contribution in [2.75, 3.05) is 11.5 Å².